The minimum Gasteiger partial charge on any atom is -0.481 e. The van der Waals surface area contributed by atoms with Crippen molar-refractivity contribution < 1.29 is 14.1 Å². The van der Waals surface area contributed by atoms with Gasteiger partial charge in [0, 0.05) is 11.6 Å². The summed E-state index contributed by atoms with van der Waals surface area (Å²) in [5.41, 5.74) is 2.25. The molecule has 0 radical (unpaired) electrons. The summed E-state index contributed by atoms with van der Waals surface area (Å²) < 4.78 is 10.3. The number of aryl methyl sites for hydroxylation is 1. The van der Waals surface area contributed by atoms with Crippen molar-refractivity contribution in [2.45, 2.75) is 6.92 Å². The van der Waals surface area contributed by atoms with E-state index in [0.29, 0.717) is 45.7 Å². The summed E-state index contributed by atoms with van der Waals surface area (Å²) in [6.07, 6.45) is 2.22. The summed E-state index contributed by atoms with van der Waals surface area (Å²) >= 11 is 6.26. The van der Waals surface area contributed by atoms with Gasteiger partial charge in [0.05, 0.1) is 24.0 Å². The summed E-state index contributed by atoms with van der Waals surface area (Å²) in [7, 11) is 1.53. The van der Waals surface area contributed by atoms with Gasteiger partial charge < -0.3 is 9.26 Å². The lowest BCUT2D eigenvalue weighted by Crippen LogP contribution is -2.15. The lowest BCUT2D eigenvalue weighted by atomic mass is 10.1. The molecular weight excluding hydrogens is 330 g/mol. The van der Waals surface area contributed by atoms with Crippen LogP contribution in [0.25, 0.3) is 11.3 Å². The van der Waals surface area contributed by atoms with E-state index in [1.54, 1.807) is 25.1 Å². The fourth-order valence-corrected chi connectivity index (χ4v) is 2.58. The summed E-state index contributed by atoms with van der Waals surface area (Å²) in [5.74, 6) is 0.950. The second-order valence-electron chi connectivity index (χ2n) is 4.95. The predicted octanol–water partition coefficient (Wildman–Crippen LogP) is 4.00. The molecule has 0 unspecified atom stereocenters. The van der Waals surface area contributed by atoms with Gasteiger partial charge in [-0.2, -0.15) is 0 Å². The van der Waals surface area contributed by atoms with Crippen molar-refractivity contribution in [1.82, 2.24) is 10.1 Å². The SMILES string of the molecule is COc1ccc(N(C=O)c2c(-c3ccccc3Cl)noc2C)cn1. The smallest absolute Gasteiger partial charge is 0.218 e. The van der Waals surface area contributed by atoms with Gasteiger partial charge in [0.15, 0.2) is 5.76 Å². The Kier molecular flexibility index (Phi) is 4.48. The number of hydrogen-bond acceptors (Lipinski definition) is 5. The van der Waals surface area contributed by atoms with Crippen LogP contribution >= 0.6 is 11.6 Å². The van der Waals surface area contributed by atoms with Gasteiger partial charge in [-0.15, -0.1) is 0 Å². The monoisotopic (exact) mass is 343 g/mol. The van der Waals surface area contributed by atoms with Crippen LogP contribution in [0.15, 0.2) is 47.1 Å². The van der Waals surface area contributed by atoms with Gasteiger partial charge in [0.25, 0.3) is 0 Å². The van der Waals surface area contributed by atoms with Crippen LogP contribution in [0.5, 0.6) is 5.88 Å². The highest BCUT2D eigenvalue weighted by atomic mass is 35.5. The highest BCUT2D eigenvalue weighted by Gasteiger charge is 2.23. The second-order valence-corrected chi connectivity index (χ2v) is 5.36. The van der Waals surface area contributed by atoms with Crippen LogP contribution in [-0.2, 0) is 4.79 Å². The summed E-state index contributed by atoms with van der Waals surface area (Å²) in [4.78, 5) is 17.3. The van der Waals surface area contributed by atoms with E-state index in [9.17, 15) is 4.79 Å². The normalized spacial score (nSPS) is 10.5. The van der Waals surface area contributed by atoms with Gasteiger partial charge in [0.1, 0.15) is 11.4 Å². The molecule has 0 aliphatic rings. The summed E-state index contributed by atoms with van der Waals surface area (Å²) in [5, 5.41) is 4.59. The van der Waals surface area contributed by atoms with Crippen molar-refractivity contribution in [2.75, 3.05) is 12.0 Å². The number of hydrogen-bond donors (Lipinski definition) is 0. The Bertz CT molecular complexity index is 862. The molecule has 0 N–H and O–H groups in total. The standard InChI is InChI=1S/C17H14ClN3O3/c1-11-17(16(20-24-11)13-5-3-4-6-14(13)18)21(10-22)12-7-8-15(23-2)19-9-12/h3-10H,1-2H3. The van der Waals surface area contributed by atoms with E-state index in [1.165, 1.54) is 18.2 Å². The zero-order chi connectivity index (χ0) is 17.1. The van der Waals surface area contributed by atoms with Crippen LogP contribution in [0, 0.1) is 6.92 Å². The fraction of sp³-hybridized carbons (Fsp3) is 0.118. The van der Waals surface area contributed by atoms with E-state index in [2.05, 4.69) is 10.1 Å². The number of halogens is 1. The number of methoxy groups -OCH3 is 1. The third kappa shape index (κ3) is 2.83. The highest BCUT2D eigenvalue weighted by molar-refractivity contribution is 6.33. The number of ether oxygens (including phenoxy) is 1. The fourth-order valence-electron chi connectivity index (χ4n) is 2.36. The molecule has 0 bridgehead atoms. The molecular formula is C17H14ClN3O3. The average Bonchev–Trinajstić information content (AvgIpc) is 2.98. The predicted molar refractivity (Wildman–Crippen MR) is 90.7 cm³/mol. The third-order valence-corrected chi connectivity index (χ3v) is 3.84. The maximum absolute atomic E-state index is 11.7. The number of anilines is 2. The van der Waals surface area contributed by atoms with Gasteiger partial charge in [-0.05, 0) is 19.1 Å². The molecule has 2 heterocycles. The lowest BCUT2D eigenvalue weighted by molar-refractivity contribution is -0.106. The lowest BCUT2D eigenvalue weighted by Gasteiger charge is -2.17. The van der Waals surface area contributed by atoms with Crippen LogP contribution < -0.4 is 9.64 Å². The van der Waals surface area contributed by atoms with Crippen molar-refractivity contribution in [3.05, 3.63) is 53.4 Å². The molecule has 1 aromatic carbocycles. The molecule has 0 fully saturated rings. The number of carbonyl (C=O) groups is 1. The maximum atomic E-state index is 11.7. The van der Waals surface area contributed by atoms with E-state index < -0.39 is 0 Å². The number of amides is 1. The van der Waals surface area contributed by atoms with Crippen molar-refractivity contribution in [3.8, 4) is 17.1 Å². The zero-order valence-corrected chi connectivity index (χ0v) is 13.8. The molecule has 6 nitrogen and oxygen atoms in total. The summed E-state index contributed by atoms with van der Waals surface area (Å²) in [6, 6.07) is 10.6. The van der Waals surface area contributed by atoms with E-state index in [1.807, 2.05) is 18.2 Å². The number of nitrogens with zero attached hydrogens (tertiary/aromatic N) is 3. The van der Waals surface area contributed by atoms with Crippen LogP contribution in [0.2, 0.25) is 5.02 Å². The molecule has 0 atom stereocenters. The molecule has 2 aromatic heterocycles. The van der Waals surface area contributed by atoms with Crippen molar-refractivity contribution in [3.63, 3.8) is 0 Å². The van der Waals surface area contributed by atoms with Gasteiger partial charge >= 0.3 is 0 Å². The number of rotatable bonds is 5. The van der Waals surface area contributed by atoms with E-state index in [-0.39, 0.29) is 0 Å². The Morgan fingerprint density at radius 3 is 2.67 bits per heavy atom. The molecule has 24 heavy (non-hydrogen) atoms. The molecule has 0 saturated carbocycles. The Labute approximate surface area is 143 Å². The number of benzene rings is 1. The largest absolute Gasteiger partial charge is 0.481 e. The second kappa shape index (κ2) is 6.72. The van der Waals surface area contributed by atoms with Gasteiger partial charge in [0.2, 0.25) is 12.3 Å². The Hall–Kier alpha value is -2.86. The first-order valence-electron chi connectivity index (χ1n) is 7.11. The van der Waals surface area contributed by atoms with Gasteiger partial charge in [-0.1, -0.05) is 35.0 Å². The minimum atomic E-state index is 0.456. The third-order valence-electron chi connectivity index (χ3n) is 3.51. The van der Waals surface area contributed by atoms with E-state index >= 15 is 0 Å². The van der Waals surface area contributed by atoms with Crippen LogP contribution in [0.4, 0.5) is 11.4 Å². The van der Waals surface area contributed by atoms with Gasteiger partial charge in [-0.3, -0.25) is 9.69 Å². The van der Waals surface area contributed by atoms with E-state index in [4.69, 9.17) is 20.9 Å². The Balaban J connectivity index is 2.11. The number of carbonyl (C=O) groups excluding carboxylic acids is 1. The van der Waals surface area contributed by atoms with Crippen molar-refractivity contribution in [2.24, 2.45) is 0 Å². The van der Waals surface area contributed by atoms with Crippen LogP contribution in [0.1, 0.15) is 5.76 Å². The first kappa shape index (κ1) is 16.0. The molecule has 0 aliphatic carbocycles. The minimum absolute atomic E-state index is 0.456. The molecule has 1 amide bonds. The Morgan fingerprint density at radius 1 is 1.25 bits per heavy atom. The molecule has 7 heteroatoms. The zero-order valence-electron chi connectivity index (χ0n) is 13.1. The molecule has 0 spiro atoms. The summed E-state index contributed by atoms with van der Waals surface area (Å²) in [6.45, 7) is 1.73. The van der Waals surface area contributed by atoms with Gasteiger partial charge in [-0.25, -0.2) is 4.98 Å². The quantitative estimate of drug-likeness (QED) is 0.655. The molecule has 0 saturated heterocycles. The van der Waals surface area contributed by atoms with Crippen molar-refractivity contribution >= 4 is 29.4 Å². The first-order valence-corrected chi connectivity index (χ1v) is 7.49. The van der Waals surface area contributed by atoms with E-state index in [0.717, 1.165) is 0 Å². The Morgan fingerprint density at radius 2 is 2.04 bits per heavy atom. The highest BCUT2D eigenvalue weighted by Crippen LogP contribution is 2.39. The molecule has 3 aromatic rings. The number of aromatic nitrogens is 2. The molecule has 0 aliphatic heterocycles. The molecule has 3 rings (SSSR count). The van der Waals surface area contributed by atoms with Crippen LogP contribution in [0.3, 0.4) is 0 Å². The first-order chi connectivity index (χ1) is 11.7. The topological polar surface area (TPSA) is 68.5 Å². The maximum Gasteiger partial charge on any atom is 0.218 e. The molecule has 122 valence electrons. The van der Waals surface area contributed by atoms with Crippen LogP contribution in [-0.4, -0.2) is 23.7 Å². The van der Waals surface area contributed by atoms with Crippen molar-refractivity contribution in [1.29, 1.82) is 0 Å². The number of pyridine rings is 1. The average molecular weight is 344 g/mol.